The van der Waals surface area contributed by atoms with Gasteiger partial charge in [0, 0.05) is 23.1 Å². The number of alkyl halides is 3. The topological polar surface area (TPSA) is 169 Å². The van der Waals surface area contributed by atoms with Crippen LogP contribution >= 0.6 is 0 Å². The van der Waals surface area contributed by atoms with Crippen molar-refractivity contribution >= 4 is 17.3 Å². The Morgan fingerprint density at radius 2 is 1.86 bits per heavy atom. The highest BCUT2D eigenvalue weighted by Gasteiger charge is 2.64. The molecule has 1 heterocycles. The summed E-state index contributed by atoms with van der Waals surface area (Å²) in [6.07, 6.45) is -5.55. The summed E-state index contributed by atoms with van der Waals surface area (Å²) >= 11 is 0. The number of aliphatic hydroxyl groups excluding tert-OH is 1. The summed E-state index contributed by atoms with van der Waals surface area (Å²) in [6, 6.07) is 8.89. The Morgan fingerprint density at radius 3 is 2.51 bits per heavy atom. The molecule has 3 aliphatic rings. The van der Waals surface area contributed by atoms with Gasteiger partial charge in [-0.1, -0.05) is 30.3 Å². The van der Waals surface area contributed by atoms with E-state index in [1.807, 2.05) is 6.07 Å². The molecule has 0 amide bonds. The molecule has 4 atom stereocenters. The van der Waals surface area contributed by atoms with Crippen LogP contribution in [0.1, 0.15) is 50.1 Å². The number of carbonyl (C=O) groups excluding carboxylic acids is 2. The second-order valence-electron chi connectivity index (χ2n) is 11.1. The van der Waals surface area contributed by atoms with Gasteiger partial charge in [-0.25, -0.2) is 0 Å². The van der Waals surface area contributed by atoms with Crippen molar-refractivity contribution < 1.29 is 52.1 Å². The first-order valence-electron chi connectivity index (χ1n) is 13.2. The minimum absolute atomic E-state index is 0.00895. The maximum absolute atomic E-state index is 14.0. The molecule has 0 saturated carbocycles. The van der Waals surface area contributed by atoms with E-state index in [2.05, 4.69) is 9.89 Å². The Bertz CT molecular complexity index is 1680. The van der Waals surface area contributed by atoms with E-state index >= 15 is 0 Å². The van der Waals surface area contributed by atoms with E-state index < -0.39 is 75.5 Å². The number of aliphatic hydroxyl groups is 2. The van der Waals surface area contributed by atoms with E-state index in [0.717, 1.165) is 11.6 Å². The number of fused-ring (bicyclic) bond motifs is 4. The summed E-state index contributed by atoms with van der Waals surface area (Å²) in [6.45, 7) is 0.00895. The Kier molecular flexibility index (Phi) is 6.47. The van der Waals surface area contributed by atoms with Gasteiger partial charge in [0.2, 0.25) is 5.78 Å². The number of halogens is 3. The third-order valence-corrected chi connectivity index (χ3v) is 8.33. The van der Waals surface area contributed by atoms with Crippen LogP contribution in [0, 0.1) is 11.8 Å². The van der Waals surface area contributed by atoms with Gasteiger partial charge in [0.05, 0.1) is 17.3 Å². The number of rotatable bonds is 5. The van der Waals surface area contributed by atoms with Crippen molar-refractivity contribution in [3.05, 3.63) is 75.7 Å². The maximum Gasteiger partial charge on any atom is 0.573 e. The zero-order valence-corrected chi connectivity index (χ0v) is 22.8. The van der Waals surface area contributed by atoms with Gasteiger partial charge in [-0.15, -0.1) is 13.2 Å². The Labute approximate surface area is 241 Å². The first-order chi connectivity index (χ1) is 20.2. The molecule has 2 aromatic carbocycles. The molecule has 0 aliphatic heterocycles. The largest absolute Gasteiger partial charge is 0.573 e. The summed E-state index contributed by atoms with van der Waals surface area (Å²) in [5.41, 5.74) is 1.74. The summed E-state index contributed by atoms with van der Waals surface area (Å²) in [4.78, 5) is 29.4. The van der Waals surface area contributed by atoms with Crippen LogP contribution in [0.5, 0.6) is 17.4 Å². The number of phenols is 1. The van der Waals surface area contributed by atoms with Crippen molar-refractivity contribution in [2.75, 3.05) is 19.8 Å². The predicted octanol–water partition coefficient (Wildman–Crippen LogP) is 3.86. The molecule has 0 radical (unpaired) electrons. The van der Waals surface area contributed by atoms with Crippen LogP contribution in [-0.4, -0.2) is 63.0 Å². The first-order valence-corrected chi connectivity index (χ1v) is 13.2. The first kappa shape index (κ1) is 28.6. The van der Waals surface area contributed by atoms with E-state index in [4.69, 9.17) is 15.0 Å². The Morgan fingerprint density at radius 1 is 1.16 bits per heavy atom. The number of anilines is 1. The van der Waals surface area contributed by atoms with E-state index in [1.165, 1.54) is 0 Å². The Hall–Kier alpha value is -4.56. The standard InChI is InChI=1S/C29H26F3N3O8/c1-35(2)21-15-9-13-8-14-17(42-29(30,31)32)10-16(33)22(36)19(14)23(37)18(13)25(38)28(15,40)26(39)20-24(21)43-34-27(20)41-11-12-6-4-3-5-7-12/h3-7,10,13,15,21,36,38,40H,8-9,11,33H2,1-2H3/t13-,15-,21-,28-/m0/s1. The number of Topliss-reactive ketones (excluding diaryl/α,β-unsaturated/α-hetero) is 2. The smallest absolute Gasteiger partial charge is 0.508 e. The van der Waals surface area contributed by atoms with Gasteiger partial charge in [0.25, 0.3) is 5.88 Å². The number of benzene rings is 2. The number of carbonyl (C=O) groups is 2. The van der Waals surface area contributed by atoms with Gasteiger partial charge in [-0.05, 0) is 43.6 Å². The average Bonchev–Trinajstić information content (AvgIpc) is 3.35. The second-order valence-corrected chi connectivity index (χ2v) is 11.1. The molecule has 11 nitrogen and oxygen atoms in total. The number of ketones is 2. The minimum Gasteiger partial charge on any atom is -0.508 e. The van der Waals surface area contributed by atoms with Crippen molar-refractivity contribution in [3.8, 4) is 17.4 Å². The number of nitrogens with two attached hydrogens (primary N) is 1. The molecule has 0 fully saturated rings. The summed E-state index contributed by atoms with van der Waals surface area (Å²) < 4.78 is 55.1. The lowest BCUT2D eigenvalue weighted by Gasteiger charge is -2.49. The van der Waals surface area contributed by atoms with Gasteiger partial charge in [-0.2, -0.15) is 0 Å². The fourth-order valence-corrected chi connectivity index (χ4v) is 6.52. The molecule has 226 valence electrons. The van der Waals surface area contributed by atoms with E-state index in [0.29, 0.717) is 0 Å². The van der Waals surface area contributed by atoms with Crippen molar-refractivity contribution in [1.29, 1.82) is 0 Å². The second kappa shape index (κ2) is 9.74. The van der Waals surface area contributed by atoms with E-state index in [9.17, 15) is 38.1 Å². The Balaban J connectivity index is 1.47. The quantitative estimate of drug-likeness (QED) is 0.248. The van der Waals surface area contributed by atoms with Crippen LogP contribution in [0.15, 0.2) is 52.3 Å². The third kappa shape index (κ3) is 4.31. The average molecular weight is 602 g/mol. The van der Waals surface area contributed by atoms with Gasteiger partial charge in [0.1, 0.15) is 29.4 Å². The fourth-order valence-electron chi connectivity index (χ4n) is 6.52. The van der Waals surface area contributed by atoms with Crippen LogP contribution in [0.2, 0.25) is 0 Å². The molecule has 0 spiro atoms. The number of aromatic nitrogens is 1. The number of hydrogen-bond donors (Lipinski definition) is 4. The van der Waals surface area contributed by atoms with Gasteiger partial charge in [0.15, 0.2) is 17.1 Å². The number of allylic oxidation sites excluding steroid dienone is 1. The predicted molar refractivity (Wildman–Crippen MR) is 141 cm³/mol. The monoisotopic (exact) mass is 601 g/mol. The number of hydrogen-bond acceptors (Lipinski definition) is 11. The van der Waals surface area contributed by atoms with Crippen molar-refractivity contribution in [2.45, 2.75) is 37.5 Å². The van der Waals surface area contributed by atoms with Crippen molar-refractivity contribution in [1.82, 2.24) is 10.1 Å². The number of ether oxygens (including phenoxy) is 2. The van der Waals surface area contributed by atoms with Crippen LogP contribution in [0.25, 0.3) is 0 Å². The molecule has 5 N–H and O–H groups in total. The zero-order valence-electron chi connectivity index (χ0n) is 22.8. The highest BCUT2D eigenvalue weighted by atomic mass is 19.4. The summed E-state index contributed by atoms with van der Waals surface area (Å²) in [7, 11) is 3.29. The molecule has 0 saturated heterocycles. The minimum atomic E-state index is -5.12. The molecule has 0 unspecified atom stereocenters. The van der Waals surface area contributed by atoms with Crippen molar-refractivity contribution in [2.24, 2.45) is 11.8 Å². The molecule has 6 rings (SSSR count). The number of nitrogen functional groups attached to an aromatic ring is 1. The lowest BCUT2D eigenvalue weighted by Crippen LogP contribution is -2.59. The molecule has 1 aromatic heterocycles. The normalized spacial score (nSPS) is 24.8. The molecular weight excluding hydrogens is 575 g/mol. The third-order valence-electron chi connectivity index (χ3n) is 8.33. The zero-order chi connectivity index (χ0) is 31.0. The molecule has 14 heteroatoms. The maximum atomic E-state index is 14.0. The summed E-state index contributed by atoms with van der Waals surface area (Å²) in [5, 5.41) is 38.1. The molecule has 43 heavy (non-hydrogen) atoms. The number of aromatic hydroxyl groups is 1. The van der Waals surface area contributed by atoms with E-state index in [-0.39, 0.29) is 42.2 Å². The van der Waals surface area contributed by atoms with Gasteiger partial charge >= 0.3 is 6.36 Å². The van der Waals surface area contributed by atoms with Crippen molar-refractivity contribution in [3.63, 3.8) is 0 Å². The van der Waals surface area contributed by atoms with Crippen LogP contribution in [0.4, 0.5) is 18.9 Å². The van der Waals surface area contributed by atoms with Crippen LogP contribution in [-0.2, 0) is 13.0 Å². The molecule has 0 bridgehead atoms. The molecular formula is C29H26F3N3O8. The lowest BCUT2D eigenvalue weighted by atomic mass is 9.58. The lowest BCUT2D eigenvalue weighted by molar-refractivity contribution is -0.274. The number of nitrogens with zero attached hydrogens (tertiary/aromatic N) is 2. The van der Waals surface area contributed by atoms with Crippen LogP contribution in [0.3, 0.4) is 0 Å². The summed E-state index contributed by atoms with van der Waals surface area (Å²) in [5.74, 6) is -6.88. The van der Waals surface area contributed by atoms with Gasteiger partial charge < -0.3 is 35.1 Å². The van der Waals surface area contributed by atoms with Gasteiger partial charge in [-0.3, -0.25) is 14.5 Å². The molecule has 3 aromatic rings. The SMILES string of the molecule is CN(C)[C@@H]1c2onc(OCc3ccccc3)c2C(=O)[C@@]2(O)C(O)=C3C(=O)c4c(O)c(N)cc(OC(F)(F)F)c4C[C@H]3C[C@@H]12. The highest BCUT2D eigenvalue weighted by Crippen LogP contribution is 2.57. The van der Waals surface area contributed by atoms with E-state index in [1.54, 1.807) is 43.3 Å². The highest BCUT2D eigenvalue weighted by molar-refractivity contribution is 6.16. The molecule has 3 aliphatic carbocycles. The number of phenolic OH excluding ortho intramolecular Hbond substituents is 1. The van der Waals surface area contributed by atoms with Crippen LogP contribution < -0.4 is 15.2 Å². The fraction of sp³-hybridized carbons (Fsp3) is 0.345.